The van der Waals surface area contributed by atoms with Gasteiger partial charge in [0.25, 0.3) is 0 Å². The van der Waals surface area contributed by atoms with Crippen LogP contribution >= 0.6 is 0 Å². The third-order valence-corrected chi connectivity index (χ3v) is 3.26. The second-order valence-electron chi connectivity index (χ2n) is 5.07. The molecular weight excluding hydrogens is 316 g/mol. The summed E-state index contributed by atoms with van der Waals surface area (Å²) < 4.78 is 5.10. The molecule has 0 aliphatic rings. The third kappa shape index (κ3) is 5.95. The molecule has 3 aromatic rings. The molecule has 1 N–H and O–H groups in total. The van der Waals surface area contributed by atoms with Crippen LogP contribution in [0.3, 0.4) is 0 Å². The summed E-state index contributed by atoms with van der Waals surface area (Å²) in [6.07, 6.45) is 0. The maximum atomic E-state index is 11.9. The molecule has 0 fully saturated rings. The van der Waals surface area contributed by atoms with Gasteiger partial charge < -0.3 is 9.84 Å². The molecule has 4 heteroatoms. The van der Waals surface area contributed by atoms with Crippen molar-refractivity contribution in [3.8, 4) is 0 Å². The van der Waals surface area contributed by atoms with Crippen LogP contribution in [0.1, 0.15) is 26.3 Å². The second kappa shape index (κ2) is 9.67. The minimum absolute atomic E-state index is 0.0550. The molecule has 4 nitrogen and oxygen atoms in total. The van der Waals surface area contributed by atoms with Crippen molar-refractivity contribution in [1.82, 2.24) is 0 Å². The van der Waals surface area contributed by atoms with E-state index in [-0.39, 0.29) is 17.7 Å². The summed E-state index contributed by atoms with van der Waals surface area (Å²) in [4.78, 5) is 22.9. The number of ether oxygens (including phenoxy) is 1. The fraction of sp³-hybridized carbons (Fsp3) is 0.0476. The number of hydrogen-bond donors (Lipinski definition) is 1. The first-order chi connectivity index (χ1) is 12.2. The fourth-order valence-corrected chi connectivity index (χ4v) is 2.03. The Morgan fingerprint density at radius 1 is 0.680 bits per heavy atom. The van der Waals surface area contributed by atoms with E-state index in [2.05, 4.69) is 0 Å². The zero-order chi connectivity index (χ0) is 17.9. The van der Waals surface area contributed by atoms with Gasteiger partial charge in [-0.2, -0.15) is 0 Å². The topological polar surface area (TPSA) is 63.6 Å². The van der Waals surface area contributed by atoms with Gasteiger partial charge >= 0.3 is 11.9 Å². The smallest absolute Gasteiger partial charge is 0.339 e. The van der Waals surface area contributed by atoms with Gasteiger partial charge in [-0.1, -0.05) is 78.9 Å². The van der Waals surface area contributed by atoms with Gasteiger partial charge in [-0.05, 0) is 17.7 Å². The summed E-state index contributed by atoms with van der Waals surface area (Å²) in [6.45, 7) is 0.119. The minimum atomic E-state index is -1.15. The van der Waals surface area contributed by atoms with Crippen molar-refractivity contribution in [1.29, 1.82) is 0 Å². The van der Waals surface area contributed by atoms with Gasteiger partial charge in [0.15, 0.2) is 0 Å². The molecule has 25 heavy (non-hydrogen) atoms. The molecule has 0 aliphatic heterocycles. The SMILES string of the molecule is O=C(O)c1ccccc1C(=O)OCc1ccccc1.c1ccccc1. The number of carboxylic acids is 1. The molecule has 0 atom stereocenters. The molecule has 3 rings (SSSR count). The van der Waals surface area contributed by atoms with Crippen LogP contribution in [0.5, 0.6) is 0 Å². The van der Waals surface area contributed by atoms with E-state index in [9.17, 15) is 9.59 Å². The average Bonchev–Trinajstić information content (AvgIpc) is 2.68. The first-order valence-corrected chi connectivity index (χ1v) is 7.72. The molecule has 0 saturated carbocycles. The zero-order valence-electron chi connectivity index (χ0n) is 13.5. The fourth-order valence-electron chi connectivity index (χ4n) is 2.03. The van der Waals surface area contributed by atoms with Crippen LogP contribution in [0.25, 0.3) is 0 Å². The average molecular weight is 334 g/mol. The van der Waals surface area contributed by atoms with E-state index in [0.29, 0.717) is 0 Å². The first kappa shape index (κ1) is 17.9. The Hall–Kier alpha value is -3.40. The van der Waals surface area contributed by atoms with Crippen LogP contribution in [-0.2, 0) is 11.3 Å². The highest BCUT2D eigenvalue weighted by molar-refractivity contribution is 6.02. The van der Waals surface area contributed by atoms with Crippen LogP contribution in [0.2, 0.25) is 0 Å². The lowest BCUT2D eigenvalue weighted by molar-refractivity contribution is 0.0463. The number of aromatic carboxylic acids is 1. The molecular formula is C21H18O4. The van der Waals surface area contributed by atoms with E-state index in [0.717, 1.165) is 5.56 Å². The molecule has 126 valence electrons. The quantitative estimate of drug-likeness (QED) is 0.717. The van der Waals surface area contributed by atoms with E-state index in [4.69, 9.17) is 9.84 Å². The molecule has 0 aliphatic carbocycles. The maximum absolute atomic E-state index is 11.9. The van der Waals surface area contributed by atoms with Crippen LogP contribution < -0.4 is 0 Å². The number of rotatable bonds is 4. The largest absolute Gasteiger partial charge is 0.478 e. The van der Waals surface area contributed by atoms with Crippen LogP contribution in [0.15, 0.2) is 91.0 Å². The van der Waals surface area contributed by atoms with Crippen molar-refractivity contribution in [2.24, 2.45) is 0 Å². The van der Waals surface area contributed by atoms with Crippen molar-refractivity contribution < 1.29 is 19.4 Å². The van der Waals surface area contributed by atoms with Crippen molar-refractivity contribution in [2.75, 3.05) is 0 Å². The lowest BCUT2D eigenvalue weighted by Gasteiger charge is -2.07. The lowest BCUT2D eigenvalue weighted by Crippen LogP contribution is -2.11. The Labute approximate surface area is 146 Å². The molecule has 0 aromatic heterocycles. The van der Waals surface area contributed by atoms with Crippen LogP contribution in [0, 0.1) is 0 Å². The van der Waals surface area contributed by atoms with Crippen molar-refractivity contribution in [3.63, 3.8) is 0 Å². The number of esters is 1. The number of carboxylic acid groups (broad SMARTS) is 1. The molecule has 0 radical (unpaired) electrons. The van der Waals surface area contributed by atoms with Gasteiger partial charge in [-0.15, -0.1) is 0 Å². The Morgan fingerprint density at radius 3 is 1.64 bits per heavy atom. The van der Waals surface area contributed by atoms with Gasteiger partial charge in [0.05, 0.1) is 11.1 Å². The Balaban J connectivity index is 0.000000316. The minimum Gasteiger partial charge on any atom is -0.478 e. The summed E-state index contributed by atoms with van der Waals surface area (Å²) in [5.74, 6) is -1.78. The van der Waals surface area contributed by atoms with Crippen molar-refractivity contribution in [2.45, 2.75) is 6.61 Å². The molecule has 0 heterocycles. The Morgan fingerprint density at radius 2 is 1.12 bits per heavy atom. The monoisotopic (exact) mass is 334 g/mol. The number of hydrogen-bond acceptors (Lipinski definition) is 3. The molecule has 3 aromatic carbocycles. The lowest BCUT2D eigenvalue weighted by atomic mass is 10.1. The molecule has 0 bridgehead atoms. The molecule has 0 unspecified atom stereocenters. The molecule has 0 saturated heterocycles. The summed E-state index contributed by atoms with van der Waals surface area (Å²) >= 11 is 0. The highest BCUT2D eigenvalue weighted by Gasteiger charge is 2.16. The highest BCUT2D eigenvalue weighted by atomic mass is 16.5. The number of carbonyl (C=O) groups is 2. The van der Waals surface area contributed by atoms with E-state index in [1.54, 1.807) is 12.1 Å². The van der Waals surface area contributed by atoms with Gasteiger partial charge in [0, 0.05) is 0 Å². The van der Waals surface area contributed by atoms with Gasteiger partial charge in [-0.25, -0.2) is 9.59 Å². The van der Waals surface area contributed by atoms with E-state index >= 15 is 0 Å². The van der Waals surface area contributed by atoms with Crippen LogP contribution in [0.4, 0.5) is 0 Å². The predicted molar refractivity (Wildman–Crippen MR) is 95.4 cm³/mol. The van der Waals surface area contributed by atoms with Gasteiger partial charge in [0.1, 0.15) is 6.61 Å². The van der Waals surface area contributed by atoms with Crippen LogP contribution in [-0.4, -0.2) is 17.0 Å². The van der Waals surface area contributed by atoms with Crippen molar-refractivity contribution in [3.05, 3.63) is 108 Å². The Kier molecular flexibility index (Phi) is 6.95. The third-order valence-electron chi connectivity index (χ3n) is 3.26. The first-order valence-electron chi connectivity index (χ1n) is 7.72. The van der Waals surface area contributed by atoms with Gasteiger partial charge in [0.2, 0.25) is 0 Å². The van der Waals surface area contributed by atoms with Gasteiger partial charge in [-0.3, -0.25) is 0 Å². The zero-order valence-corrected chi connectivity index (χ0v) is 13.5. The predicted octanol–water partition coefficient (Wildman–Crippen LogP) is 4.43. The van der Waals surface area contributed by atoms with E-state index < -0.39 is 11.9 Å². The Bertz CT molecular complexity index is 772. The summed E-state index contributed by atoms with van der Waals surface area (Å²) in [6, 6.07) is 27.2. The molecule has 0 spiro atoms. The normalized spacial score (nSPS) is 9.44. The van der Waals surface area contributed by atoms with E-state index in [1.807, 2.05) is 66.7 Å². The second-order valence-corrected chi connectivity index (χ2v) is 5.07. The maximum Gasteiger partial charge on any atom is 0.339 e. The molecule has 0 amide bonds. The van der Waals surface area contributed by atoms with Crippen molar-refractivity contribution >= 4 is 11.9 Å². The van der Waals surface area contributed by atoms with E-state index in [1.165, 1.54) is 12.1 Å². The summed E-state index contributed by atoms with van der Waals surface area (Å²) in [7, 11) is 0. The highest BCUT2D eigenvalue weighted by Crippen LogP contribution is 2.11. The number of carbonyl (C=O) groups excluding carboxylic acids is 1. The standard InChI is InChI=1S/C15H12O4.C6H6/c16-14(17)12-8-4-5-9-13(12)15(18)19-10-11-6-2-1-3-7-11;1-2-4-6-5-3-1/h1-9H,10H2,(H,16,17);1-6H. The summed E-state index contributed by atoms with van der Waals surface area (Å²) in [5, 5.41) is 8.99. The summed E-state index contributed by atoms with van der Waals surface area (Å²) in [5.41, 5.74) is 0.857. The number of benzene rings is 3.